The van der Waals surface area contributed by atoms with Crippen LogP contribution in [-0.4, -0.2) is 6.54 Å². The lowest BCUT2D eigenvalue weighted by atomic mass is 10.2. The predicted octanol–water partition coefficient (Wildman–Crippen LogP) is 2.30. The zero-order valence-electron chi connectivity index (χ0n) is 7.41. The Morgan fingerprint density at radius 3 is 2.75 bits per heavy atom. The molecule has 0 aliphatic rings. The molecule has 62 valence electrons. The summed E-state index contributed by atoms with van der Waals surface area (Å²) in [5, 5.41) is 8.75. The van der Waals surface area contributed by atoms with Crippen LogP contribution in [0.25, 0.3) is 0 Å². The van der Waals surface area contributed by atoms with Crippen molar-refractivity contribution in [3.8, 4) is 6.19 Å². The van der Waals surface area contributed by atoms with Crippen LogP contribution in [0.4, 0.5) is 5.69 Å². The van der Waals surface area contributed by atoms with Crippen molar-refractivity contribution in [3.63, 3.8) is 0 Å². The van der Waals surface area contributed by atoms with Crippen LogP contribution in [0.3, 0.4) is 0 Å². The van der Waals surface area contributed by atoms with Crippen molar-refractivity contribution < 1.29 is 0 Å². The van der Waals surface area contributed by atoms with E-state index in [1.54, 1.807) is 4.90 Å². The molecule has 1 aromatic rings. The van der Waals surface area contributed by atoms with Gasteiger partial charge in [-0.25, -0.2) is 0 Å². The third kappa shape index (κ3) is 1.76. The van der Waals surface area contributed by atoms with Crippen molar-refractivity contribution in [1.29, 1.82) is 5.26 Å². The Bertz CT molecular complexity index is 299. The first-order valence-corrected chi connectivity index (χ1v) is 4.02. The number of hydrogen-bond acceptors (Lipinski definition) is 2. The molecular weight excluding hydrogens is 148 g/mol. The van der Waals surface area contributed by atoms with Gasteiger partial charge < -0.3 is 0 Å². The standard InChI is InChI=1S/C10H12N2/c1-3-12(8-11)10-6-4-5-9(2)7-10/h4-7H,3H2,1-2H3. The third-order valence-electron chi connectivity index (χ3n) is 1.75. The monoisotopic (exact) mass is 160 g/mol. The number of rotatable bonds is 2. The average Bonchev–Trinajstić information content (AvgIpc) is 2.07. The molecular formula is C10H12N2. The maximum atomic E-state index is 8.75. The van der Waals surface area contributed by atoms with Crippen LogP contribution >= 0.6 is 0 Å². The van der Waals surface area contributed by atoms with E-state index in [1.165, 1.54) is 5.56 Å². The van der Waals surface area contributed by atoms with Crippen molar-refractivity contribution in [1.82, 2.24) is 0 Å². The molecule has 0 aliphatic carbocycles. The fourth-order valence-electron chi connectivity index (χ4n) is 1.11. The maximum Gasteiger partial charge on any atom is 0.184 e. The molecule has 2 heteroatoms. The summed E-state index contributed by atoms with van der Waals surface area (Å²) in [6.07, 6.45) is 2.13. The van der Waals surface area contributed by atoms with Gasteiger partial charge in [-0.1, -0.05) is 12.1 Å². The quantitative estimate of drug-likeness (QED) is 0.490. The van der Waals surface area contributed by atoms with E-state index < -0.39 is 0 Å². The van der Waals surface area contributed by atoms with Crippen LogP contribution in [0.5, 0.6) is 0 Å². The van der Waals surface area contributed by atoms with Gasteiger partial charge in [0.15, 0.2) is 6.19 Å². The Kier molecular flexibility index (Phi) is 2.71. The number of nitrogens with zero attached hydrogens (tertiary/aromatic N) is 2. The van der Waals surface area contributed by atoms with Gasteiger partial charge in [0.05, 0.1) is 5.69 Å². The Balaban J connectivity index is 2.95. The van der Waals surface area contributed by atoms with Crippen molar-refractivity contribution in [2.45, 2.75) is 13.8 Å². The van der Waals surface area contributed by atoms with E-state index in [2.05, 4.69) is 6.19 Å². The lowest BCUT2D eigenvalue weighted by molar-refractivity contribution is 1.02. The van der Waals surface area contributed by atoms with Crippen LogP contribution in [0, 0.1) is 18.4 Å². The molecule has 12 heavy (non-hydrogen) atoms. The van der Waals surface area contributed by atoms with Gasteiger partial charge in [-0.3, -0.25) is 4.90 Å². The summed E-state index contributed by atoms with van der Waals surface area (Å²) in [7, 11) is 0. The molecule has 0 fully saturated rings. The smallest absolute Gasteiger partial charge is 0.184 e. The second kappa shape index (κ2) is 3.77. The Labute approximate surface area is 73.0 Å². The fourth-order valence-corrected chi connectivity index (χ4v) is 1.11. The lowest BCUT2D eigenvalue weighted by Crippen LogP contribution is -2.14. The first kappa shape index (κ1) is 8.61. The van der Waals surface area contributed by atoms with Crippen LogP contribution in [0.2, 0.25) is 0 Å². The molecule has 1 aromatic carbocycles. The van der Waals surface area contributed by atoms with Crippen molar-refractivity contribution in [2.24, 2.45) is 0 Å². The summed E-state index contributed by atoms with van der Waals surface area (Å²) >= 11 is 0. The Morgan fingerprint density at radius 1 is 1.50 bits per heavy atom. The van der Waals surface area contributed by atoms with Gasteiger partial charge in [-0.2, -0.15) is 5.26 Å². The van der Waals surface area contributed by atoms with Crippen molar-refractivity contribution in [2.75, 3.05) is 11.4 Å². The number of aryl methyl sites for hydroxylation is 1. The maximum absolute atomic E-state index is 8.75. The highest BCUT2D eigenvalue weighted by molar-refractivity contribution is 5.51. The van der Waals surface area contributed by atoms with E-state index in [0.29, 0.717) is 0 Å². The molecule has 0 aliphatic heterocycles. The van der Waals surface area contributed by atoms with Crippen LogP contribution in [0.1, 0.15) is 12.5 Å². The zero-order chi connectivity index (χ0) is 8.97. The molecule has 0 amide bonds. The molecule has 0 saturated carbocycles. The third-order valence-corrected chi connectivity index (χ3v) is 1.75. The van der Waals surface area contributed by atoms with Gasteiger partial charge in [0.1, 0.15) is 0 Å². The minimum absolute atomic E-state index is 0.722. The fraction of sp³-hybridized carbons (Fsp3) is 0.300. The molecule has 0 aromatic heterocycles. The first-order valence-electron chi connectivity index (χ1n) is 4.02. The van der Waals surface area contributed by atoms with Gasteiger partial charge in [-0.05, 0) is 31.5 Å². The molecule has 1 rings (SSSR count). The van der Waals surface area contributed by atoms with E-state index >= 15 is 0 Å². The normalized spacial score (nSPS) is 9.08. The second-order valence-corrected chi connectivity index (χ2v) is 2.68. The number of anilines is 1. The summed E-state index contributed by atoms with van der Waals surface area (Å²) in [6, 6.07) is 7.94. The Morgan fingerprint density at radius 2 is 2.25 bits per heavy atom. The topological polar surface area (TPSA) is 27.0 Å². The second-order valence-electron chi connectivity index (χ2n) is 2.68. The molecule has 0 radical (unpaired) electrons. The number of hydrogen-bond donors (Lipinski definition) is 0. The highest BCUT2D eigenvalue weighted by Crippen LogP contribution is 2.14. The molecule has 0 atom stereocenters. The van der Waals surface area contributed by atoms with E-state index in [0.717, 1.165) is 12.2 Å². The zero-order valence-corrected chi connectivity index (χ0v) is 7.41. The molecule has 0 heterocycles. The Hall–Kier alpha value is -1.49. The van der Waals surface area contributed by atoms with Crippen LogP contribution in [0.15, 0.2) is 24.3 Å². The van der Waals surface area contributed by atoms with Crippen molar-refractivity contribution >= 4 is 5.69 Å². The molecule has 2 nitrogen and oxygen atoms in total. The van der Waals surface area contributed by atoms with E-state index in [9.17, 15) is 0 Å². The largest absolute Gasteiger partial charge is 0.280 e. The predicted molar refractivity (Wildman–Crippen MR) is 49.8 cm³/mol. The van der Waals surface area contributed by atoms with Gasteiger partial charge >= 0.3 is 0 Å². The van der Waals surface area contributed by atoms with Crippen LogP contribution in [-0.2, 0) is 0 Å². The minimum Gasteiger partial charge on any atom is -0.280 e. The highest BCUT2D eigenvalue weighted by atomic mass is 15.1. The van der Waals surface area contributed by atoms with E-state index in [1.807, 2.05) is 38.1 Å². The van der Waals surface area contributed by atoms with Gasteiger partial charge in [0.25, 0.3) is 0 Å². The molecule has 0 saturated heterocycles. The first-order chi connectivity index (χ1) is 5.77. The molecule has 0 N–H and O–H groups in total. The SMILES string of the molecule is CCN(C#N)c1cccc(C)c1. The summed E-state index contributed by atoms with van der Waals surface area (Å²) in [5.74, 6) is 0. The summed E-state index contributed by atoms with van der Waals surface area (Å²) in [5.41, 5.74) is 2.15. The number of nitriles is 1. The summed E-state index contributed by atoms with van der Waals surface area (Å²) < 4.78 is 0. The van der Waals surface area contributed by atoms with E-state index in [-0.39, 0.29) is 0 Å². The molecule has 0 bridgehead atoms. The van der Waals surface area contributed by atoms with Crippen LogP contribution < -0.4 is 4.90 Å². The van der Waals surface area contributed by atoms with Crippen molar-refractivity contribution in [3.05, 3.63) is 29.8 Å². The lowest BCUT2D eigenvalue weighted by Gasteiger charge is -2.12. The minimum atomic E-state index is 0.722. The summed E-state index contributed by atoms with van der Waals surface area (Å²) in [6.45, 7) is 4.71. The highest BCUT2D eigenvalue weighted by Gasteiger charge is 2.00. The van der Waals surface area contributed by atoms with Gasteiger partial charge in [0.2, 0.25) is 0 Å². The molecule has 0 unspecified atom stereocenters. The van der Waals surface area contributed by atoms with Gasteiger partial charge in [-0.15, -0.1) is 0 Å². The summed E-state index contributed by atoms with van der Waals surface area (Å²) in [4.78, 5) is 1.66. The number of benzene rings is 1. The average molecular weight is 160 g/mol. The van der Waals surface area contributed by atoms with Gasteiger partial charge in [0, 0.05) is 6.54 Å². The molecule has 0 spiro atoms. The van der Waals surface area contributed by atoms with E-state index in [4.69, 9.17) is 5.26 Å².